The molecule has 0 radical (unpaired) electrons. The highest BCUT2D eigenvalue weighted by molar-refractivity contribution is 5.94. The minimum absolute atomic E-state index is 0.0130. The molecule has 0 heterocycles. The molecule has 2 aromatic rings. The molecule has 0 spiro atoms. The van der Waals surface area contributed by atoms with Gasteiger partial charge in [0.05, 0.1) is 13.2 Å². The Labute approximate surface area is 191 Å². The molecule has 2 rings (SSSR count). The van der Waals surface area contributed by atoms with Gasteiger partial charge in [0.1, 0.15) is 5.75 Å². The van der Waals surface area contributed by atoms with Gasteiger partial charge >= 0.3 is 0 Å². The molecule has 3 N–H and O–H groups in total. The number of anilines is 2. The molecule has 32 heavy (non-hydrogen) atoms. The summed E-state index contributed by atoms with van der Waals surface area (Å²) in [6.07, 6.45) is 1.65. The zero-order valence-corrected chi connectivity index (χ0v) is 19.6. The molecule has 174 valence electrons. The molecule has 0 aromatic heterocycles. The second-order valence-electron chi connectivity index (χ2n) is 7.54. The molecule has 0 fully saturated rings. The number of nitrogens with one attached hydrogen (secondary N) is 3. The van der Waals surface area contributed by atoms with Crippen molar-refractivity contribution < 1.29 is 14.3 Å². The summed E-state index contributed by atoms with van der Waals surface area (Å²) < 4.78 is 10.8. The van der Waals surface area contributed by atoms with Crippen LogP contribution in [-0.4, -0.2) is 38.7 Å². The van der Waals surface area contributed by atoms with Crippen LogP contribution in [0.2, 0.25) is 0 Å². The molecule has 0 aliphatic heterocycles. The third kappa shape index (κ3) is 8.98. The fourth-order valence-electron chi connectivity index (χ4n) is 2.87. The number of hydrogen-bond acceptors (Lipinski definition) is 4. The van der Waals surface area contributed by atoms with E-state index >= 15 is 0 Å². The normalized spacial score (nSPS) is 12.2. The van der Waals surface area contributed by atoms with Crippen LogP contribution in [0.4, 0.5) is 11.4 Å². The number of benzene rings is 2. The standard InChI is InChI=1S/C25H36N4O3/c1-5-19(3)24(30)28-21-11-7-10-20(16-21)18-27-25(26-6-2)29-22-12-8-13-23(17-22)32-15-9-14-31-4/h7-8,10-13,16-17,19H,5-6,9,14-15,18H2,1-4H3,(H,28,30)(H2,26,27,29). The SMILES string of the molecule is CCNC(=NCc1cccc(NC(=O)C(C)CC)c1)Nc1cccc(OCCCOC)c1. The van der Waals surface area contributed by atoms with Crippen molar-refractivity contribution in [2.75, 3.05) is 37.5 Å². The van der Waals surface area contributed by atoms with Gasteiger partial charge in [-0.05, 0) is 43.2 Å². The van der Waals surface area contributed by atoms with Crippen LogP contribution in [0.15, 0.2) is 53.5 Å². The van der Waals surface area contributed by atoms with E-state index in [0.29, 0.717) is 25.7 Å². The maximum absolute atomic E-state index is 12.2. The summed E-state index contributed by atoms with van der Waals surface area (Å²) in [6.45, 7) is 8.47. The van der Waals surface area contributed by atoms with Gasteiger partial charge in [-0.25, -0.2) is 4.99 Å². The van der Waals surface area contributed by atoms with Crippen LogP contribution in [0.3, 0.4) is 0 Å². The summed E-state index contributed by atoms with van der Waals surface area (Å²) in [7, 11) is 1.69. The van der Waals surface area contributed by atoms with Gasteiger partial charge in [-0.15, -0.1) is 0 Å². The van der Waals surface area contributed by atoms with Gasteiger partial charge in [0.2, 0.25) is 5.91 Å². The maximum atomic E-state index is 12.2. The predicted molar refractivity (Wildman–Crippen MR) is 131 cm³/mol. The smallest absolute Gasteiger partial charge is 0.227 e. The molecular weight excluding hydrogens is 404 g/mol. The number of guanidine groups is 1. The summed E-state index contributed by atoms with van der Waals surface area (Å²) in [5, 5.41) is 9.56. The van der Waals surface area contributed by atoms with Crippen molar-refractivity contribution in [3.63, 3.8) is 0 Å². The van der Waals surface area contributed by atoms with Crippen LogP contribution >= 0.6 is 0 Å². The van der Waals surface area contributed by atoms with Gasteiger partial charge in [0.15, 0.2) is 5.96 Å². The first kappa shape index (κ1) is 25.2. The van der Waals surface area contributed by atoms with E-state index < -0.39 is 0 Å². The molecule has 0 saturated carbocycles. The van der Waals surface area contributed by atoms with E-state index in [2.05, 4.69) is 16.0 Å². The van der Waals surface area contributed by atoms with E-state index in [-0.39, 0.29) is 11.8 Å². The zero-order valence-electron chi connectivity index (χ0n) is 19.6. The van der Waals surface area contributed by atoms with E-state index in [0.717, 1.165) is 42.1 Å². The van der Waals surface area contributed by atoms with Crippen molar-refractivity contribution in [2.24, 2.45) is 10.9 Å². The first-order chi connectivity index (χ1) is 15.5. The summed E-state index contributed by atoms with van der Waals surface area (Å²) in [4.78, 5) is 16.9. The Hall–Kier alpha value is -3.06. The number of nitrogens with zero attached hydrogens (tertiary/aromatic N) is 1. The van der Waals surface area contributed by atoms with Crippen molar-refractivity contribution >= 4 is 23.2 Å². The van der Waals surface area contributed by atoms with Crippen molar-refractivity contribution in [2.45, 2.75) is 40.2 Å². The van der Waals surface area contributed by atoms with E-state index in [1.165, 1.54) is 0 Å². The summed E-state index contributed by atoms with van der Waals surface area (Å²) in [5.74, 6) is 1.50. The average molecular weight is 441 g/mol. The Morgan fingerprint density at radius 3 is 2.50 bits per heavy atom. The maximum Gasteiger partial charge on any atom is 0.227 e. The Morgan fingerprint density at radius 2 is 1.78 bits per heavy atom. The summed E-state index contributed by atoms with van der Waals surface area (Å²) >= 11 is 0. The van der Waals surface area contributed by atoms with E-state index in [9.17, 15) is 4.79 Å². The lowest BCUT2D eigenvalue weighted by Crippen LogP contribution is -2.30. The quantitative estimate of drug-likeness (QED) is 0.254. The summed E-state index contributed by atoms with van der Waals surface area (Å²) in [6, 6.07) is 15.6. The number of rotatable bonds is 12. The van der Waals surface area contributed by atoms with Gasteiger partial charge in [0.25, 0.3) is 0 Å². The second kappa shape index (κ2) is 14.1. The number of aliphatic imine (C=N–C) groups is 1. The van der Waals surface area contributed by atoms with Gasteiger partial charge in [0, 0.05) is 50.0 Å². The number of amides is 1. The topological polar surface area (TPSA) is 84.0 Å². The Balaban J connectivity index is 2.01. The average Bonchev–Trinajstić information content (AvgIpc) is 2.80. The summed E-state index contributed by atoms with van der Waals surface area (Å²) in [5.41, 5.74) is 2.70. The number of methoxy groups -OCH3 is 1. The van der Waals surface area contributed by atoms with Crippen molar-refractivity contribution in [1.29, 1.82) is 0 Å². The molecular formula is C25H36N4O3. The van der Waals surface area contributed by atoms with Crippen LogP contribution in [-0.2, 0) is 16.1 Å². The van der Waals surface area contributed by atoms with Crippen LogP contribution in [0.1, 0.15) is 39.2 Å². The van der Waals surface area contributed by atoms with Crippen LogP contribution < -0.4 is 20.7 Å². The molecule has 0 saturated heterocycles. The zero-order chi connectivity index (χ0) is 23.2. The van der Waals surface area contributed by atoms with Gasteiger partial charge in [-0.3, -0.25) is 4.79 Å². The molecule has 1 amide bonds. The number of carbonyl (C=O) groups excluding carboxylic acids is 1. The van der Waals surface area contributed by atoms with Crippen LogP contribution in [0.25, 0.3) is 0 Å². The minimum Gasteiger partial charge on any atom is -0.493 e. The second-order valence-corrected chi connectivity index (χ2v) is 7.54. The van der Waals surface area contributed by atoms with Crippen LogP contribution in [0.5, 0.6) is 5.75 Å². The third-order valence-corrected chi connectivity index (χ3v) is 4.88. The van der Waals surface area contributed by atoms with E-state index in [1.54, 1.807) is 7.11 Å². The van der Waals surface area contributed by atoms with E-state index in [4.69, 9.17) is 14.5 Å². The third-order valence-electron chi connectivity index (χ3n) is 4.88. The Bertz CT molecular complexity index is 870. The lowest BCUT2D eigenvalue weighted by Gasteiger charge is -2.13. The first-order valence-corrected chi connectivity index (χ1v) is 11.2. The van der Waals surface area contributed by atoms with Gasteiger partial charge < -0.3 is 25.4 Å². The van der Waals surface area contributed by atoms with Crippen LogP contribution in [0, 0.1) is 5.92 Å². The predicted octanol–water partition coefficient (Wildman–Crippen LogP) is 4.66. The highest BCUT2D eigenvalue weighted by Gasteiger charge is 2.10. The van der Waals surface area contributed by atoms with Gasteiger partial charge in [-0.1, -0.05) is 32.0 Å². The Kier molecular flexibility index (Phi) is 11.1. The van der Waals surface area contributed by atoms with Crippen molar-refractivity contribution in [3.8, 4) is 5.75 Å². The fraction of sp³-hybridized carbons (Fsp3) is 0.440. The highest BCUT2D eigenvalue weighted by atomic mass is 16.5. The van der Waals surface area contributed by atoms with E-state index in [1.807, 2.05) is 69.3 Å². The molecule has 2 aromatic carbocycles. The van der Waals surface area contributed by atoms with Crippen molar-refractivity contribution in [1.82, 2.24) is 5.32 Å². The molecule has 7 heteroatoms. The molecule has 7 nitrogen and oxygen atoms in total. The number of ether oxygens (including phenoxy) is 2. The molecule has 1 atom stereocenters. The number of carbonyl (C=O) groups is 1. The molecule has 0 bridgehead atoms. The fourth-order valence-corrected chi connectivity index (χ4v) is 2.87. The molecule has 0 aliphatic carbocycles. The van der Waals surface area contributed by atoms with Crippen molar-refractivity contribution in [3.05, 3.63) is 54.1 Å². The molecule has 1 unspecified atom stereocenters. The van der Waals surface area contributed by atoms with Gasteiger partial charge in [-0.2, -0.15) is 0 Å². The first-order valence-electron chi connectivity index (χ1n) is 11.2. The number of hydrogen-bond donors (Lipinski definition) is 3. The highest BCUT2D eigenvalue weighted by Crippen LogP contribution is 2.18. The minimum atomic E-state index is -0.0130. The lowest BCUT2D eigenvalue weighted by atomic mass is 10.1. The monoisotopic (exact) mass is 440 g/mol. The Morgan fingerprint density at radius 1 is 1.03 bits per heavy atom. The molecule has 0 aliphatic rings. The lowest BCUT2D eigenvalue weighted by molar-refractivity contribution is -0.119. The largest absolute Gasteiger partial charge is 0.493 e.